The van der Waals surface area contributed by atoms with Gasteiger partial charge in [-0.25, -0.2) is 0 Å². The molecule has 5 aromatic rings. The van der Waals surface area contributed by atoms with E-state index in [0.29, 0.717) is 37.8 Å². The van der Waals surface area contributed by atoms with Crippen LogP contribution in [0.5, 0.6) is 0 Å². The molecule has 3 aromatic carbocycles. The minimum atomic E-state index is -1.74. The number of H-pyrrole nitrogens is 1. The van der Waals surface area contributed by atoms with Gasteiger partial charge in [-0.2, -0.15) is 4.57 Å². The third-order valence-corrected chi connectivity index (χ3v) is 23.4. The van der Waals surface area contributed by atoms with Gasteiger partial charge >= 0.3 is 0 Å². The number of para-hydroxylation sites is 3. The number of carbonyl (C=O) groups is 12. The fraction of sp³-hybridized carbons (Fsp3) is 0.511. The van der Waals surface area contributed by atoms with E-state index in [2.05, 4.69) is 149 Å². The lowest BCUT2D eigenvalue weighted by Gasteiger charge is -2.29. The number of aryl methyl sites for hydroxylation is 1. The van der Waals surface area contributed by atoms with Crippen molar-refractivity contribution in [1.29, 1.82) is 32.5 Å². The zero-order valence-electron chi connectivity index (χ0n) is 77.0. The van der Waals surface area contributed by atoms with Crippen molar-refractivity contribution in [3.8, 4) is 0 Å². The van der Waals surface area contributed by atoms with E-state index < -0.39 is 168 Å². The van der Waals surface area contributed by atoms with Gasteiger partial charge < -0.3 is 152 Å². The molecule has 0 saturated carbocycles. The van der Waals surface area contributed by atoms with Crippen LogP contribution in [0.3, 0.4) is 0 Å². The second-order valence-electron chi connectivity index (χ2n) is 33.0. The molecule has 0 unspecified atom stereocenters. The van der Waals surface area contributed by atoms with Crippen LogP contribution in [0.4, 0.5) is 5.69 Å². The number of thioether (sulfide) groups is 1. The van der Waals surface area contributed by atoms with Gasteiger partial charge in [-0.05, 0) is 189 Å². The third kappa shape index (κ3) is 39.8. The zero-order valence-corrected chi connectivity index (χ0v) is 77.8. The average molecular weight is 1910 g/mol. The Morgan fingerprint density at radius 3 is 1.12 bits per heavy atom. The summed E-state index contributed by atoms with van der Waals surface area (Å²) in [6.45, 7) is 1.15. The molecule has 1 aliphatic heterocycles. The maximum Gasteiger partial charge on any atom is 0.243 e. The summed E-state index contributed by atoms with van der Waals surface area (Å²) in [5, 5.41) is 91.9. The highest BCUT2D eigenvalue weighted by molar-refractivity contribution is 8.03. The van der Waals surface area contributed by atoms with E-state index in [-0.39, 0.29) is 180 Å². The Morgan fingerprint density at radius 1 is 0.382 bits per heavy atom. The van der Waals surface area contributed by atoms with Crippen molar-refractivity contribution < 1.29 is 62.1 Å². The smallest absolute Gasteiger partial charge is 0.243 e. The summed E-state index contributed by atoms with van der Waals surface area (Å²) in [6, 6.07) is 11.2. The second kappa shape index (κ2) is 59.3. The van der Waals surface area contributed by atoms with Crippen molar-refractivity contribution in [2.45, 2.75) is 232 Å². The van der Waals surface area contributed by atoms with E-state index in [1.807, 2.05) is 48.5 Å². The number of nitrogens with two attached hydrogens (primary N) is 10. The number of rotatable bonds is 64. The Hall–Kier alpha value is -14.3. The summed E-state index contributed by atoms with van der Waals surface area (Å²) < 4.78 is 2.20. The van der Waals surface area contributed by atoms with Gasteiger partial charge in [0, 0.05) is 106 Å². The molecule has 43 N–H and O–H groups in total. The molecule has 12 amide bonds. The number of aromatic amines is 1. The number of hydrogen-bond acceptors (Lipinski definition) is 22. The van der Waals surface area contributed by atoms with E-state index in [0.717, 1.165) is 44.5 Å². The lowest BCUT2D eigenvalue weighted by Crippen LogP contribution is -2.60. The van der Waals surface area contributed by atoms with Gasteiger partial charge in [0.2, 0.25) is 76.4 Å². The highest BCUT2D eigenvalue weighted by Gasteiger charge is 2.38. The summed E-state index contributed by atoms with van der Waals surface area (Å²) in [6.07, 6.45) is 7.37. The number of guanidine groups is 6. The Morgan fingerprint density at radius 2 is 0.735 bits per heavy atom. The van der Waals surface area contributed by atoms with Crippen LogP contribution in [0, 0.1) is 32.5 Å². The summed E-state index contributed by atoms with van der Waals surface area (Å²) in [5.74, 6) is -13.1. The highest BCUT2D eigenvalue weighted by Crippen LogP contribution is 2.45. The van der Waals surface area contributed by atoms with Gasteiger partial charge in [0.05, 0.1) is 16.1 Å². The van der Waals surface area contributed by atoms with Gasteiger partial charge in [0.15, 0.2) is 42.0 Å². The largest absolute Gasteiger partial charge is 0.370 e. The number of aromatic nitrogens is 2. The molecule has 2 aromatic heterocycles. The number of anilines is 1. The van der Waals surface area contributed by atoms with Crippen molar-refractivity contribution in [3.05, 3.63) is 107 Å². The van der Waals surface area contributed by atoms with Crippen LogP contribution < -0.4 is 152 Å². The first-order chi connectivity index (χ1) is 65.0. The molecule has 0 bridgehead atoms. The van der Waals surface area contributed by atoms with E-state index in [9.17, 15) is 33.6 Å². The summed E-state index contributed by atoms with van der Waals surface area (Å²) in [5.41, 5.74) is 61.3. The maximum absolute atomic E-state index is 15.1. The van der Waals surface area contributed by atoms with Gasteiger partial charge in [-0.3, -0.25) is 90.0 Å². The Balaban J connectivity index is 1.24. The molecular weight excluding hydrogens is 1770 g/mol. The number of nitrogens with one attached hydrogen (secondary N) is 23. The van der Waals surface area contributed by atoms with E-state index >= 15 is 24.0 Å². The predicted octanol–water partition coefficient (Wildman–Crippen LogP) is -3.61. The first kappa shape index (κ1) is 110. The minimum Gasteiger partial charge on any atom is -0.370 e. The molecule has 0 radical (unpaired) electrons. The fourth-order valence-electron chi connectivity index (χ4n) is 15.1. The van der Waals surface area contributed by atoms with Gasteiger partial charge in [0.1, 0.15) is 67.0 Å². The molecule has 3 heterocycles. The molecule has 47 nitrogen and oxygen atoms in total. The minimum absolute atomic E-state index is 0.0131. The molecule has 6 rings (SSSR count). The number of pyridine rings is 1. The average Bonchev–Trinajstić information content (AvgIpc) is 1.55. The Bertz CT molecular complexity index is 4940. The van der Waals surface area contributed by atoms with Crippen LogP contribution in [-0.2, 0) is 70.5 Å². The van der Waals surface area contributed by atoms with Crippen LogP contribution >= 0.6 is 11.8 Å². The molecule has 10 atom stereocenters. The SMILES string of the molecule is CN1/C(=C\c2cc[n+](CCCCCC(=O)N[C@H](Cc3c[nH]c4ccccc34)C(=O)N[C@H](CCCNC(=N)N)C(=O)N[C@H](CCCCN)C(=O)N[C@H](CCCCN)C(=O)N[C@H](CCCNC(=N)N)C(=O)N[C@H](CCCNC(=N)N)C(=O)N[C@H](CCC(N)=O)C(=O)N[C@H](CCCNC(=N)N)C(=O)N[C@H](CCCNC(=N)N)C(=O)N[C@@H](CCCNC(=N)N)C(N)=O)c3ccccc23)Sc2ccccc21. The first-order valence-electron chi connectivity index (χ1n) is 45.7. The molecule has 136 heavy (non-hydrogen) atoms. The summed E-state index contributed by atoms with van der Waals surface area (Å²) >= 11 is 1.72. The Labute approximate surface area is 794 Å². The third-order valence-electron chi connectivity index (χ3n) is 22.3. The van der Waals surface area contributed by atoms with Crippen molar-refractivity contribution in [2.24, 2.45) is 57.3 Å². The van der Waals surface area contributed by atoms with Gasteiger partial charge in [0.25, 0.3) is 0 Å². The lowest BCUT2D eigenvalue weighted by molar-refractivity contribution is -0.671. The lowest BCUT2D eigenvalue weighted by atomic mass is 10.0. The quantitative estimate of drug-likeness (QED) is 0.00774. The van der Waals surface area contributed by atoms with Crippen LogP contribution in [0.15, 0.2) is 101 Å². The second-order valence-corrected chi connectivity index (χ2v) is 34.1. The number of primary amides is 2. The van der Waals surface area contributed by atoms with E-state index in [1.165, 1.54) is 4.90 Å². The van der Waals surface area contributed by atoms with Crippen molar-refractivity contribution >= 4 is 152 Å². The molecule has 744 valence electrons. The molecule has 0 saturated heterocycles. The van der Waals surface area contributed by atoms with Gasteiger partial charge in [-0.15, -0.1) is 0 Å². The predicted molar refractivity (Wildman–Crippen MR) is 521 cm³/mol. The van der Waals surface area contributed by atoms with E-state index in [4.69, 9.17) is 89.8 Å². The summed E-state index contributed by atoms with van der Waals surface area (Å²) in [4.78, 5) is 180. The number of unbranched alkanes of at least 4 members (excludes halogenated alkanes) is 4. The summed E-state index contributed by atoms with van der Waals surface area (Å²) in [7, 11) is 2.06. The molecule has 0 spiro atoms. The number of amides is 12. The number of hydrogen-bond donors (Lipinski definition) is 33. The highest BCUT2D eigenvalue weighted by atomic mass is 32.2. The molecule has 0 aliphatic carbocycles. The normalized spacial score (nSPS) is 14.0. The van der Waals surface area contributed by atoms with Crippen LogP contribution in [0.1, 0.15) is 165 Å². The number of carbonyl (C=O) groups excluding carboxylic acids is 12. The number of fused-ring (bicyclic) bond motifs is 3. The van der Waals surface area contributed by atoms with Crippen molar-refractivity contribution in [3.63, 3.8) is 0 Å². The number of nitrogens with zero attached hydrogens (tertiary/aromatic N) is 2. The van der Waals surface area contributed by atoms with Crippen LogP contribution in [0.2, 0.25) is 0 Å². The number of benzene rings is 3. The fourth-order valence-corrected chi connectivity index (χ4v) is 16.2. The van der Waals surface area contributed by atoms with E-state index in [1.54, 1.807) is 18.0 Å². The van der Waals surface area contributed by atoms with Crippen molar-refractivity contribution in [1.82, 2.24) is 90.1 Å². The van der Waals surface area contributed by atoms with Crippen molar-refractivity contribution in [2.75, 3.05) is 64.3 Å². The Kier molecular flexibility index (Phi) is 48.2. The van der Waals surface area contributed by atoms with Crippen LogP contribution in [-0.4, -0.2) is 231 Å². The molecule has 48 heteroatoms. The van der Waals surface area contributed by atoms with Crippen LogP contribution in [0.25, 0.3) is 27.9 Å². The molecule has 1 aliphatic rings. The zero-order chi connectivity index (χ0) is 99.6. The monoisotopic (exact) mass is 1910 g/mol. The topological polar surface area (TPSA) is 824 Å². The molecule has 0 fully saturated rings. The first-order valence-corrected chi connectivity index (χ1v) is 46.5. The maximum atomic E-state index is 15.1. The standard InChI is InChI=1S/C88H139N35O12S/c1-122-68-33-8-9-34-69(68)136-72(122)50-52-38-48-123(67-32-7-5-22-55(52)67)47-14-2-3-35-71(125)112-66(49-53-51-111-56-23-6-4-21-54(53)56)82(135)120-64(31-20-46-110-88(103)104)79(132)115-58(24-10-12-39-89)75(128)114-59(25-11-13-40-90)76(129)117-61(28-17-43-107-85(97)98)77(130)118-63(30-19-45-109-87(101)102)80(133)121-65(36-37-70(91)124)81(134)119-62(29-18-44-108-86(99)100)78(131)116-60(27-16-42-106-84(95)96)74(127)113-57(73(92)126)26-15-41-105-83(93)94/h4-9,21-23,32-34,38,48,50-51,57-66,111H,2-3,10-20,24-31,35-37,39-47,49,89-90H2,1H3,(H37-,91,92,93,94,95,96,97,98,99,100,101,102,103,104,105,106,107,108,109,110,112,113,114,115,116,117,118,119,120,121,124,125,126,127,128,129,130,131,132,133,134,135)/p+1/t57-,58+,59+,60+,61+,62+,63+,64+,65+,66+/m0/s1. The van der Waals surface area contributed by atoms with Gasteiger partial charge in [-0.1, -0.05) is 54.2 Å². The molecular formula is C88H140N35O12S+.